The molecule has 31 heavy (non-hydrogen) atoms. The summed E-state index contributed by atoms with van der Waals surface area (Å²) >= 11 is 0. The van der Waals surface area contributed by atoms with Crippen LogP contribution in [0.25, 0.3) is 0 Å². The van der Waals surface area contributed by atoms with E-state index < -0.39 is 37.1 Å². The standard InChI is InChI=1S/C23H27NO7/c1-24-11-15-4-3-14(23-22(28)21(27)20(26)19(12-25)31-23)10-16(15)8-13-2-5-17-18(9-13)30-7-6-29-17/h2-5,9-11,19-23,25-28H,6-8,12H2,1H3/b24-11+/t19-,20-,21+,22-,23+/m1/s1. The quantitative estimate of drug-likeness (QED) is 0.514. The monoisotopic (exact) mass is 429 g/mol. The predicted octanol–water partition coefficient (Wildman–Crippen LogP) is 0.612. The normalized spacial score (nSPS) is 28.1. The molecule has 2 aliphatic heterocycles. The van der Waals surface area contributed by atoms with Gasteiger partial charge in [0.2, 0.25) is 0 Å². The molecule has 4 N–H and O–H groups in total. The van der Waals surface area contributed by atoms with E-state index in [9.17, 15) is 20.4 Å². The molecule has 2 aliphatic rings. The van der Waals surface area contributed by atoms with Crippen molar-refractivity contribution < 1.29 is 34.6 Å². The number of benzene rings is 2. The van der Waals surface area contributed by atoms with E-state index in [0.717, 1.165) is 22.4 Å². The first-order valence-corrected chi connectivity index (χ1v) is 10.3. The van der Waals surface area contributed by atoms with E-state index in [0.29, 0.717) is 30.9 Å². The lowest BCUT2D eigenvalue weighted by atomic mass is 9.89. The third kappa shape index (κ3) is 4.44. The molecule has 0 aliphatic carbocycles. The van der Waals surface area contributed by atoms with Crippen LogP contribution in [0, 0.1) is 0 Å². The van der Waals surface area contributed by atoms with Crippen LogP contribution < -0.4 is 9.47 Å². The third-order valence-corrected chi connectivity index (χ3v) is 5.66. The molecule has 0 amide bonds. The zero-order valence-corrected chi connectivity index (χ0v) is 17.2. The molecule has 1 saturated heterocycles. The number of fused-ring (bicyclic) bond motifs is 1. The molecule has 0 spiro atoms. The molecule has 8 nitrogen and oxygen atoms in total. The Morgan fingerprint density at radius 2 is 1.74 bits per heavy atom. The van der Waals surface area contributed by atoms with Crippen LogP contribution >= 0.6 is 0 Å². The average Bonchev–Trinajstić information content (AvgIpc) is 2.79. The Morgan fingerprint density at radius 3 is 2.48 bits per heavy atom. The first-order chi connectivity index (χ1) is 15.0. The summed E-state index contributed by atoms with van der Waals surface area (Å²) in [4.78, 5) is 4.13. The largest absolute Gasteiger partial charge is 0.486 e. The molecule has 2 aromatic rings. The Bertz CT molecular complexity index is 946. The summed E-state index contributed by atoms with van der Waals surface area (Å²) in [5, 5.41) is 40.2. The van der Waals surface area contributed by atoms with Gasteiger partial charge in [0.15, 0.2) is 11.5 Å². The second-order valence-electron chi connectivity index (χ2n) is 7.75. The number of rotatable bonds is 5. The summed E-state index contributed by atoms with van der Waals surface area (Å²) in [6.45, 7) is 0.577. The van der Waals surface area contributed by atoms with Crippen molar-refractivity contribution in [2.24, 2.45) is 4.99 Å². The number of nitrogens with zero attached hydrogens (tertiary/aromatic N) is 1. The lowest BCUT2D eigenvalue weighted by Gasteiger charge is -2.40. The van der Waals surface area contributed by atoms with Crippen molar-refractivity contribution in [2.75, 3.05) is 26.9 Å². The molecule has 4 rings (SSSR count). The lowest BCUT2D eigenvalue weighted by Crippen LogP contribution is -2.55. The Hall–Kier alpha value is -2.49. The minimum absolute atomic E-state index is 0.466. The summed E-state index contributed by atoms with van der Waals surface area (Å²) in [5.41, 5.74) is 3.50. The van der Waals surface area contributed by atoms with Crippen molar-refractivity contribution in [1.29, 1.82) is 0 Å². The highest BCUT2D eigenvalue weighted by molar-refractivity contribution is 5.82. The highest BCUT2D eigenvalue weighted by Crippen LogP contribution is 2.35. The van der Waals surface area contributed by atoms with Crippen molar-refractivity contribution >= 4 is 6.21 Å². The van der Waals surface area contributed by atoms with E-state index >= 15 is 0 Å². The zero-order chi connectivity index (χ0) is 22.0. The molecule has 8 heteroatoms. The maximum Gasteiger partial charge on any atom is 0.161 e. The van der Waals surface area contributed by atoms with Gasteiger partial charge in [-0.05, 0) is 40.8 Å². The predicted molar refractivity (Wildman–Crippen MR) is 113 cm³/mol. The summed E-state index contributed by atoms with van der Waals surface area (Å²) in [7, 11) is 1.69. The smallest absolute Gasteiger partial charge is 0.161 e. The van der Waals surface area contributed by atoms with Gasteiger partial charge in [0.1, 0.15) is 43.7 Å². The van der Waals surface area contributed by atoms with Crippen LogP contribution in [0.5, 0.6) is 11.5 Å². The van der Waals surface area contributed by atoms with Crippen molar-refractivity contribution in [1.82, 2.24) is 0 Å². The first kappa shape index (κ1) is 21.7. The highest BCUT2D eigenvalue weighted by atomic mass is 16.6. The van der Waals surface area contributed by atoms with Gasteiger partial charge in [-0.15, -0.1) is 0 Å². The molecule has 166 valence electrons. The Labute approximate surface area is 180 Å². The third-order valence-electron chi connectivity index (χ3n) is 5.66. The molecule has 1 fully saturated rings. The second kappa shape index (κ2) is 9.33. The van der Waals surface area contributed by atoms with E-state index in [2.05, 4.69) is 4.99 Å². The number of aliphatic hydroxyl groups is 4. The highest BCUT2D eigenvalue weighted by Gasteiger charge is 2.44. The molecule has 5 atom stereocenters. The summed E-state index contributed by atoms with van der Waals surface area (Å²) in [5.74, 6) is 1.43. The number of ether oxygens (including phenoxy) is 3. The molecular weight excluding hydrogens is 402 g/mol. The number of hydrogen-bond acceptors (Lipinski definition) is 8. The summed E-state index contributed by atoms with van der Waals surface area (Å²) < 4.78 is 17.0. The zero-order valence-electron chi connectivity index (χ0n) is 17.2. The summed E-state index contributed by atoms with van der Waals surface area (Å²) in [6.07, 6.45) is -3.66. The number of aliphatic imine (C=N–C) groups is 1. The average molecular weight is 429 g/mol. The minimum atomic E-state index is -1.42. The van der Waals surface area contributed by atoms with Crippen LogP contribution in [0.2, 0.25) is 0 Å². The van der Waals surface area contributed by atoms with Gasteiger partial charge >= 0.3 is 0 Å². The van der Waals surface area contributed by atoms with Crippen molar-refractivity contribution in [2.45, 2.75) is 36.9 Å². The van der Waals surface area contributed by atoms with Gasteiger partial charge in [-0.25, -0.2) is 0 Å². The van der Waals surface area contributed by atoms with Gasteiger partial charge in [0.05, 0.1) is 6.61 Å². The molecule has 2 heterocycles. The number of aliphatic hydroxyl groups excluding tert-OH is 4. The van der Waals surface area contributed by atoms with E-state index in [1.54, 1.807) is 19.3 Å². The van der Waals surface area contributed by atoms with Crippen LogP contribution in [0.15, 0.2) is 41.4 Å². The Balaban J connectivity index is 1.65. The fourth-order valence-corrected chi connectivity index (χ4v) is 4.02. The Morgan fingerprint density at radius 1 is 0.968 bits per heavy atom. The number of hydrogen-bond donors (Lipinski definition) is 4. The molecule has 0 saturated carbocycles. The van der Waals surface area contributed by atoms with Gasteiger partial charge < -0.3 is 34.6 Å². The Kier molecular flexibility index (Phi) is 6.54. The van der Waals surface area contributed by atoms with Crippen LogP contribution in [-0.2, 0) is 11.2 Å². The van der Waals surface area contributed by atoms with Gasteiger partial charge in [-0.2, -0.15) is 0 Å². The SMILES string of the molecule is C/N=C/c1ccc([C@@H]2O[C@H](CO)[C@@H](O)[C@H](O)[C@H]2O)cc1Cc1ccc2c(c1)OCCO2. The molecular formula is C23H27NO7. The fraction of sp³-hybridized carbons (Fsp3) is 0.435. The van der Waals surface area contributed by atoms with Gasteiger partial charge in [0.25, 0.3) is 0 Å². The molecule has 2 aromatic carbocycles. The van der Waals surface area contributed by atoms with E-state index in [1.165, 1.54) is 0 Å². The maximum atomic E-state index is 10.5. The van der Waals surface area contributed by atoms with E-state index in [4.69, 9.17) is 14.2 Å². The molecule has 0 aromatic heterocycles. The van der Waals surface area contributed by atoms with Crippen LogP contribution in [-0.4, -0.2) is 77.9 Å². The van der Waals surface area contributed by atoms with Crippen LogP contribution in [0.3, 0.4) is 0 Å². The van der Waals surface area contributed by atoms with Gasteiger partial charge in [-0.1, -0.05) is 24.3 Å². The molecule has 0 radical (unpaired) electrons. The van der Waals surface area contributed by atoms with Crippen molar-refractivity contribution in [3.05, 3.63) is 58.7 Å². The second-order valence-corrected chi connectivity index (χ2v) is 7.75. The van der Waals surface area contributed by atoms with Gasteiger partial charge in [-0.3, -0.25) is 4.99 Å². The lowest BCUT2D eigenvalue weighted by molar-refractivity contribution is -0.231. The van der Waals surface area contributed by atoms with E-state index in [-0.39, 0.29) is 0 Å². The maximum absolute atomic E-state index is 10.5. The molecule has 0 unspecified atom stereocenters. The van der Waals surface area contributed by atoms with Crippen molar-refractivity contribution in [3.8, 4) is 11.5 Å². The minimum Gasteiger partial charge on any atom is -0.486 e. The van der Waals surface area contributed by atoms with E-state index in [1.807, 2.05) is 30.3 Å². The van der Waals surface area contributed by atoms with Crippen LogP contribution in [0.1, 0.15) is 28.4 Å². The first-order valence-electron chi connectivity index (χ1n) is 10.3. The van der Waals surface area contributed by atoms with Gasteiger partial charge in [0, 0.05) is 13.3 Å². The molecule has 0 bridgehead atoms. The van der Waals surface area contributed by atoms with Crippen LogP contribution in [0.4, 0.5) is 0 Å². The fourth-order valence-electron chi connectivity index (χ4n) is 4.02. The van der Waals surface area contributed by atoms with Crippen molar-refractivity contribution in [3.63, 3.8) is 0 Å². The topological polar surface area (TPSA) is 121 Å². The summed E-state index contributed by atoms with van der Waals surface area (Å²) in [6, 6.07) is 11.4.